The Hall–Kier alpha value is -2.16. The molecule has 2 aromatic heterocycles. The number of ether oxygens (including phenoxy) is 2. The SMILES string of the molecule is CC(C#Cc1ccc(-c2cccs2)s1)OC1=C(O)COC=C1. The Balaban J connectivity index is 1.66. The molecule has 0 spiro atoms. The highest BCUT2D eigenvalue weighted by molar-refractivity contribution is 7.21. The summed E-state index contributed by atoms with van der Waals surface area (Å²) in [6.07, 6.45) is 2.78. The number of allylic oxidation sites excluding steroid dienone is 1. The van der Waals surface area contributed by atoms with Crippen molar-refractivity contribution in [3.05, 3.63) is 58.4 Å². The van der Waals surface area contributed by atoms with E-state index in [1.54, 1.807) is 28.7 Å². The Morgan fingerprint density at radius 2 is 2.23 bits per heavy atom. The van der Waals surface area contributed by atoms with E-state index >= 15 is 0 Å². The van der Waals surface area contributed by atoms with Crippen LogP contribution in [0.4, 0.5) is 0 Å². The maximum Gasteiger partial charge on any atom is 0.172 e. The van der Waals surface area contributed by atoms with Crippen LogP contribution in [-0.2, 0) is 9.47 Å². The van der Waals surface area contributed by atoms with Crippen molar-refractivity contribution in [3.63, 3.8) is 0 Å². The number of thiophene rings is 2. The molecule has 0 aliphatic carbocycles. The van der Waals surface area contributed by atoms with Crippen molar-refractivity contribution < 1.29 is 14.6 Å². The fraction of sp³-hybridized carbons (Fsp3) is 0.176. The summed E-state index contributed by atoms with van der Waals surface area (Å²) in [5, 5.41) is 11.7. The summed E-state index contributed by atoms with van der Waals surface area (Å²) >= 11 is 3.39. The van der Waals surface area contributed by atoms with Crippen molar-refractivity contribution >= 4 is 22.7 Å². The van der Waals surface area contributed by atoms with E-state index in [-0.39, 0.29) is 18.5 Å². The smallest absolute Gasteiger partial charge is 0.172 e. The average Bonchev–Trinajstić information content (AvgIpc) is 3.18. The van der Waals surface area contributed by atoms with Gasteiger partial charge in [0, 0.05) is 15.8 Å². The fourth-order valence-electron chi connectivity index (χ4n) is 1.86. The van der Waals surface area contributed by atoms with Crippen molar-refractivity contribution in [3.8, 4) is 21.6 Å². The molecule has 0 saturated heterocycles. The molecule has 3 nitrogen and oxygen atoms in total. The van der Waals surface area contributed by atoms with Crippen LogP contribution in [0.5, 0.6) is 0 Å². The second-order valence-electron chi connectivity index (χ2n) is 4.60. The first-order valence-electron chi connectivity index (χ1n) is 6.74. The minimum absolute atomic E-state index is 0.0901. The van der Waals surface area contributed by atoms with Crippen LogP contribution in [0.25, 0.3) is 9.75 Å². The maximum atomic E-state index is 9.65. The highest BCUT2D eigenvalue weighted by Gasteiger charge is 2.11. The molecule has 0 fully saturated rings. The molecular weight excluding hydrogens is 316 g/mol. The zero-order chi connectivity index (χ0) is 15.4. The lowest BCUT2D eigenvalue weighted by molar-refractivity contribution is 0.138. The normalized spacial score (nSPS) is 15.0. The monoisotopic (exact) mass is 330 g/mol. The van der Waals surface area contributed by atoms with Crippen molar-refractivity contribution in [2.24, 2.45) is 0 Å². The molecule has 0 saturated carbocycles. The zero-order valence-corrected chi connectivity index (χ0v) is 13.5. The van der Waals surface area contributed by atoms with Crippen molar-refractivity contribution in [2.75, 3.05) is 6.61 Å². The standard InChI is InChI=1S/C17H14O3S2/c1-12(20-15-8-9-19-11-14(15)18)4-5-13-6-7-17(22-13)16-3-2-10-21-16/h2-3,6-10,12,18H,11H2,1H3. The molecule has 0 radical (unpaired) electrons. The van der Waals surface area contributed by atoms with Crippen LogP contribution in [-0.4, -0.2) is 17.8 Å². The van der Waals surface area contributed by atoms with Gasteiger partial charge in [0.2, 0.25) is 0 Å². The van der Waals surface area contributed by atoms with Crippen LogP contribution >= 0.6 is 22.7 Å². The van der Waals surface area contributed by atoms with E-state index in [0.717, 1.165) is 4.88 Å². The highest BCUT2D eigenvalue weighted by atomic mass is 32.1. The minimum atomic E-state index is -0.313. The Kier molecular flexibility index (Phi) is 4.52. The van der Waals surface area contributed by atoms with Gasteiger partial charge in [0.15, 0.2) is 17.6 Å². The van der Waals surface area contributed by atoms with Crippen LogP contribution in [0.2, 0.25) is 0 Å². The molecule has 1 N–H and O–H groups in total. The van der Waals surface area contributed by atoms with E-state index in [1.165, 1.54) is 16.0 Å². The largest absolute Gasteiger partial charge is 0.506 e. The van der Waals surface area contributed by atoms with Gasteiger partial charge in [0.25, 0.3) is 0 Å². The lowest BCUT2D eigenvalue weighted by atomic mass is 10.3. The Labute approximate surface area is 137 Å². The van der Waals surface area contributed by atoms with Gasteiger partial charge >= 0.3 is 0 Å². The van der Waals surface area contributed by atoms with Gasteiger partial charge in [-0.15, -0.1) is 22.7 Å². The van der Waals surface area contributed by atoms with Crippen LogP contribution in [0.15, 0.2) is 53.5 Å². The second kappa shape index (κ2) is 6.73. The topological polar surface area (TPSA) is 38.7 Å². The summed E-state index contributed by atoms with van der Waals surface area (Å²) in [7, 11) is 0. The number of aliphatic hydroxyl groups excluding tert-OH is 1. The van der Waals surface area contributed by atoms with Crippen molar-refractivity contribution in [1.82, 2.24) is 0 Å². The summed E-state index contributed by atoms with van der Waals surface area (Å²) in [5.41, 5.74) is 0. The highest BCUT2D eigenvalue weighted by Crippen LogP contribution is 2.31. The third-order valence-corrected chi connectivity index (χ3v) is 4.96. The first kappa shape index (κ1) is 14.8. The molecule has 2 aromatic rings. The predicted molar refractivity (Wildman–Crippen MR) is 89.8 cm³/mol. The molecule has 1 aliphatic heterocycles. The molecule has 112 valence electrons. The Bertz CT molecular complexity index is 757. The number of hydrogen-bond donors (Lipinski definition) is 1. The lowest BCUT2D eigenvalue weighted by Gasteiger charge is -2.14. The number of aliphatic hydroxyl groups is 1. The van der Waals surface area contributed by atoms with Crippen LogP contribution in [0, 0.1) is 11.8 Å². The van der Waals surface area contributed by atoms with Gasteiger partial charge in [-0.2, -0.15) is 0 Å². The van der Waals surface area contributed by atoms with Gasteiger partial charge in [0.1, 0.15) is 6.61 Å². The average molecular weight is 330 g/mol. The minimum Gasteiger partial charge on any atom is -0.506 e. The number of hydrogen-bond acceptors (Lipinski definition) is 5. The zero-order valence-electron chi connectivity index (χ0n) is 11.9. The first-order valence-corrected chi connectivity index (χ1v) is 8.44. The molecule has 22 heavy (non-hydrogen) atoms. The fourth-order valence-corrected chi connectivity index (χ4v) is 3.56. The Morgan fingerprint density at radius 1 is 1.32 bits per heavy atom. The summed E-state index contributed by atoms with van der Waals surface area (Å²) < 4.78 is 10.6. The molecule has 3 heterocycles. The van der Waals surface area contributed by atoms with E-state index in [2.05, 4.69) is 29.4 Å². The molecule has 3 rings (SSSR count). The van der Waals surface area contributed by atoms with E-state index in [1.807, 2.05) is 19.1 Å². The summed E-state index contributed by atoms with van der Waals surface area (Å²) in [4.78, 5) is 3.48. The lowest BCUT2D eigenvalue weighted by Crippen LogP contribution is -2.10. The van der Waals surface area contributed by atoms with Gasteiger partial charge < -0.3 is 14.6 Å². The molecular formula is C17H14O3S2. The molecule has 0 amide bonds. The van der Waals surface area contributed by atoms with Gasteiger partial charge in [-0.1, -0.05) is 17.9 Å². The summed E-state index contributed by atoms with van der Waals surface area (Å²) in [6, 6.07) is 8.25. The van der Waals surface area contributed by atoms with Gasteiger partial charge in [0.05, 0.1) is 11.1 Å². The second-order valence-corrected chi connectivity index (χ2v) is 6.63. The van der Waals surface area contributed by atoms with E-state index in [9.17, 15) is 5.11 Å². The van der Waals surface area contributed by atoms with Gasteiger partial charge in [-0.05, 0) is 30.5 Å². The first-order chi connectivity index (χ1) is 10.7. The number of rotatable bonds is 3. The van der Waals surface area contributed by atoms with Crippen molar-refractivity contribution in [2.45, 2.75) is 13.0 Å². The predicted octanol–water partition coefficient (Wildman–Crippen LogP) is 4.55. The molecule has 1 aliphatic rings. The quantitative estimate of drug-likeness (QED) is 0.839. The van der Waals surface area contributed by atoms with E-state index < -0.39 is 0 Å². The van der Waals surface area contributed by atoms with Crippen LogP contribution < -0.4 is 0 Å². The van der Waals surface area contributed by atoms with Crippen LogP contribution in [0.1, 0.15) is 11.8 Å². The molecule has 1 unspecified atom stereocenters. The molecule has 5 heteroatoms. The van der Waals surface area contributed by atoms with Crippen molar-refractivity contribution in [1.29, 1.82) is 0 Å². The third kappa shape index (κ3) is 3.53. The molecule has 1 atom stereocenters. The van der Waals surface area contributed by atoms with E-state index in [4.69, 9.17) is 9.47 Å². The third-order valence-electron chi connectivity index (χ3n) is 2.89. The maximum absolute atomic E-state index is 9.65. The Morgan fingerprint density at radius 3 is 3.00 bits per heavy atom. The molecule has 0 aromatic carbocycles. The van der Waals surface area contributed by atoms with Crippen LogP contribution in [0.3, 0.4) is 0 Å². The van der Waals surface area contributed by atoms with Gasteiger partial charge in [-0.25, -0.2) is 0 Å². The summed E-state index contributed by atoms with van der Waals surface area (Å²) in [5.74, 6) is 6.67. The summed E-state index contributed by atoms with van der Waals surface area (Å²) in [6.45, 7) is 1.99. The van der Waals surface area contributed by atoms with Gasteiger partial charge in [-0.3, -0.25) is 0 Å². The van der Waals surface area contributed by atoms with E-state index in [0.29, 0.717) is 5.76 Å². The molecule has 0 bridgehead atoms.